The Morgan fingerprint density at radius 2 is 2.21 bits per heavy atom. The van der Waals surface area contributed by atoms with Crippen LogP contribution in [0.5, 0.6) is 0 Å². The molecule has 1 atom stereocenters. The van der Waals surface area contributed by atoms with Crippen molar-refractivity contribution >= 4 is 45.8 Å². The maximum absolute atomic E-state index is 12.3. The summed E-state index contributed by atoms with van der Waals surface area (Å²) < 4.78 is 10.8. The quantitative estimate of drug-likeness (QED) is 0.538. The lowest BCUT2D eigenvalue weighted by Gasteiger charge is -2.26. The number of carbonyl (C=O) groups excluding carboxylic acids is 2. The van der Waals surface area contributed by atoms with Crippen LogP contribution in [0.4, 0.5) is 9.80 Å². The van der Waals surface area contributed by atoms with Crippen LogP contribution in [0, 0.1) is 17.2 Å². The highest BCUT2D eigenvalue weighted by Gasteiger charge is 2.27. The summed E-state index contributed by atoms with van der Waals surface area (Å²) in [5.74, 6) is -0.0536. The molecule has 0 aromatic carbocycles. The minimum Gasteiger partial charge on any atom is -0.449 e. The Bertz CT molecular complexity index is 1050. The smallest absolute Gasteiger partial charge is 0.407 e. The molecule has 1 saturated heterocycles. The maximum atomic E-state index is 12.3. The van der Waals surface area contributed by atoms with Crippen molar-refractivity contribution in [3.63, 3.8) is 0 Å². The zero-order valence-corrected chi connectivity index (χ0v) is 20.5. The van der Waals surface area contributed by atoms with Gasteiger partial charge in [-0.05, 0) is 48.3 Å². The third kappa shape index (κ3) is 6.67. The number of nitrogens with one attached hydrogen (secondary N) is 2. The lowest BCUT2D eigenvalue weighted by atomic mass is 9.88. The van der Waals surface area contributed by atoms with Gasteiger partial charge < -0.3 is 20.1 Å². The predicted molar refractivity (Wildman–Crippen MR) is 133 cm³/mol. The van der Waals surface area contributed by atoms with Crippen molar-refractivity contribution in [1.29, 1.82) is 5.26 Å². The topological polar surface area (TPSA) is 104 Å². The molecule has 2 aromatic rings. The lowest BCUT2D eigenvalue weighted by molar-refractivity contribution is -0.111. The van der Waals surface area contributed by atoms with Crippen LogP contribution in [0.25, 0.3) is 6.08 Å². The number of morpholine rings is 1. The molecule has 1 fully saturated rings. The van der Waals surface area contributed by atoms with Crippen molar-refractivity contribution in [2.45, 2.75) is 19.3 Å². The number of anilines is 1. The highest BCUT2D eigenvalue weighted by atomic mass is 32.1. The van der Waals surface area contributed by atoms with Crippen LogP contribution < -0.4 is 10.6 Å². The van der Waals surface area contributed by atoms with E-state index < -0.39 is 6.09 Å². The predicted octanol–water partition coefficient (Wildman–Crippen LogP) is 3.50. The van der Waals surface area contributed by atoms with Crippen molar-refractivity contribution in [3.05, 3.63) is 44.5 Å². The minimum atomic E-state index is -0.395. The standard InChI is InChI=1S/C24H28N4O4S2/c25-15-20-19-5-3-17(16-32-24(30)26-7-8-28-9-11-31-12-10-28)14-21(19)34-23(20)27-22(29)6-4-18-2-1-13-33-18/h1-2,4,6,13,17H,3,5,7-12,14,16H2,(H,26,30)(H,27,29). The molecule has 8 nitrogen and oxygen atoms in total. The normalized spacial score (nSPS) is 18.3. The number of ether oxygens (including phenoxy) is 2. The summed E-state index contributed by atoms with van der Waals surface area (Å²) >= 11 is 3.00. The van der Waals surface area contributed by atoms with Crippen LogP contribution in [0.2, 0.25) is 0 Å². The monoisotopic (exact) mass is 500 g/mol. The van der Waals surface area contributed by atoms with Crippen LogP contribution in [0.1, 0.15) is 27.3 Å². The summed E-state index contributed by atoms with van der Waals surface area (Å²) in [6.45, 7) is 4.93. The molecule has 3 heterocycles. The Morgan fingerprint density at radius 1 is 1.35 bits per heavy atom. The van der Waals surface area contributed by atoms with Gasteiger partial charge in [0.25, 0.3) is 0 Å². The van der Waals surface area contributed by atoms with Gasteiger partial charge in [0.2, 0.25) is 5.91 Å². The third-order valence-corrected chi connectivity index (χ3v) is 7.92. The van der Waals surface area contributed by atoms with E-state index in [9.17, 15) is 14.9 Å². The first kappa shape index (κ1) is 24.4. The molecule has 0 spiro atoms. The van der Waals surface area contributed by atoms with E-state index in [1.807, 2.05) is 17.5 Å². The second-order valence-corrected chi connectivity index (χ2v) is 10.3. The van der Waals surface area contributed by atoms with Gasteiger partial charge in [-0.3, -0.25) is 9.69 Å². The van der Waals surface area contributed by atoms with Crippen molar-refractivity contribution in [2.24, 2.45) is 5.92 Å². The van der Waals surface area contributed by atoms with Crippen LogP contribution in [-0.2, 0) is 27.1 Å². The molecule has 2 aromatic heterocycles. The molecule has 1 aliphatic heterocycles. The fraction of sp³-hybridized carbons (Fsp3) is 0.458. The first-order valence-corrected chi connectivity index (χ1v) is 13.1. The van der Waals surface area contributed by atoms with E-state index in [0.29, 0.717) is 23.7 Å². The number of hydrogen-bond donors (Lipinski definition) is 2. The highest BCUT2D eigenvalue weighted by molar-refractivity contribution is 7.16. The van der Waals surface area contributed by atoms with Gasteiger partial charge in [-0.15, -0.1) is 22.7 Å². The van der Waals surface area contributed by atoms with E-state index in [-0.39, 0.29) is 11.8 Å². The van der Waals surface area contributed by atoms with Crippen molar-refractivity contribution in [3.8, 4) is 6.07 Å². The Balaban J connectivity index is 1.25. The number of hydrogen-bond acceptors (Lipinski definition) is 8. The van der Waals surface area contributed by atoms with Crippen LogP contribution >= 0.6 is 22.7 Å². The van der Waals surface area contributed by atoms with Gasteiger partial charge >= 0.3 is 6.09 Å². The summed E-state index contributed by atoms with van der Waals surface area (Å²) in [4.78, 5) is 28.8. The van der Waals surface area contributed by atoms with E-state index in [1.54, 1.807) is 17.4 Å². The van der Waals surface area contributed by atoms with Gasteiger partial charge in [0.05, 0.1) is 25.4 Å². The summed E-state index contributed by atoms with van der Waals surface area (Å²) in [6, 6.07) is 6.13. The Morgan fingerprint density at radius 3 is 2.97 bits per heavy atom. The van der Waals surface area contributed by atoms with Crippen LogP contribution in [0.3, 0.4) is 0 Å². The molecule has 2 amide bonds. The molecule has 0 saturated carbocycles. The molecule has 2 N–H and O–H groups in total. The van der Waals surface area contributed by atoms with Crippen molar-refractivity contribution < 1.29 is 19.1 Å². The van der Waals surface area contributed by atoms with Crippen molar-refractivity contribution in [2.75, 3.05) is 51.3 Å². The highest BCUT2D eigenvalue weighted by Crippen LogP contribution is 2.39. The summed E-state index contributed by atoms with van der Waals surface area (Å²) in [5, 5.41) is 17.9. The number of rotatable bonds is 8. The van der Waals surface area contributed by atoms with Gasteiger partial charge in [-0.1, -0.05) is 6.07 Å². The lowest BCUT2D eigenvalue weighted by Crippen LogP contribution is -2.41. The third-order valence-electron chi connectivity index (χ3n) is 5.91. The van der Waals surface area contributed by atoms with Crippen molar-refractivity contribution in [1.82, 2.24) is 10.2 Å². The minimum absolute atomic E-state index is 0.199. The molecule has 1 unspecified atom stereocenters. The molecule has 0 bridgehead atoms. The Labute approximate surface area is 207 Å². The number of nitrogens with zero attached hydrogens (tertiary/aromatic N) is 2. The fourth-order valence-electron chi connectivity index (χ4n) is 4.09. The van der Waals surface area contributed by atoms with E-state index in [1.165, 1.54) is 17.4 Å². The average molecular weight is 501 g/mol. The van der Waals surface area contributed by atoms with Crippen LogP contribution in [0.15, 0.2) is 23.6 Å². The molecule has 0 radical (unpaired) electrons. The molecule has 2 aliphatic rings. The first-order chi connectivity index (χ1) is 16.6. The zero-order chi connectivity index (χ0) is 23.8. The van der Waals surface area contributed by atoms with E-state index in [4.69, 9.17) is 9.47 Å². The fourth-order valence-corrected chi connectivity index (χ4v) is 6.02. The average Bonchev–Trinajstić information content (AvgIpc) is 3.49. The van der Waals surface area contributed by atoms with Gasteiger partial charge in [0, 0.05) is 42.0 Å². The Kier molecular flexibility index (Phi) is 8.71. The molecule has 34 heavy (non-hydrogen) atoms. The van der Waals surface area contributed by atoms with Crippen LogP contribution in [-0.4, -0.2) is 62.9 Å². The molecule has 10 heteroatoms. The second-order valence-electron chi connectivity index (χ2n) is 8.25. The number of alkyl carbamates (subject to hydrolysis) is 1. The SMILES string of the molecule is N#Cc1c(NC(=O)C=Cc2cccs2)sc2c1CCC(COC(=O)NCCN1CCOCC1)C2. The first-order valence-electron chi connectivity index (χ1n) is 11.4. The molecular formula is C24H28N4O4S2. The summed E-state index contributed by atoms with van der Waals surface area (Å²) in [6.07, 6.45) is 5.16. The number of nitriles is 1. The van der Waals surface area contributed by atoms with E-state index in [0.717, 1.165) is 67.4 Å². The van der Waals surface area contributed by atoms with E-state index in [2.05, 4.69) is 21.6 Å². The van der Waals surface area contributed by atoms with Gasteiger partial charge in [-0.25, -0.2) is 4.79 Å². The van der Waals surface area contributed by atoms with E-state index >= 15 is 0 Å². The molecular weight excluding hydrogens is 472 g/mol. The Hall–Kier alpha value is -2.71. The molecule has 180 valence electrons. The maximum Gasteiger partial charge on any atom is 0.407 e. The van der Waals surface area contributed by atoms with Gasteiger partial charge in [0.15, 0.2) is 0 Å². The number of amides is 2. The summed E-state index contributed by atoms with van der Waals surface area (Å²) in [7, 11) is 0. The number of thiophene rings is 2. The molecule has 4 rings (SSSR count). The zero-order valence-electron chi connectivity index (χ0n) is 18.9. The number of fused-ring (bicyclic) bond motifs is 1. The van der Waals surface area contributed by atoms with Gasteiger partial charge in [-0.2, -0.15) is 5.26 Å². The summed E-state index contributed by atoms with van der Waals surface area (Å²) in [5.41, 5.74) is 1.56. The van der Waals surface area contributed by atoms with Gasteiger partial charge in [0.1, 0.15) is 11.1 Å². The second kappa shape index (κ2) is 12.1. The largest absolute Gasteiger partial charge is 0.449 e. The number of carbonyl (C=O) groups is 2. The molecule has 1 aliphatic carbocycles.